The van der Waals surface area contributed by atoms with Gasteiger partial charge in [0.05, 0.1) is 25.9 Å². The molecule has 0 spiro atoms. The zero-order chi connectivity index (χ0) is 24.4. The lowest BCUT2D eigenvalue weighted by molar-refractivity contribution is -0.194. The summed E-state index contributed by atoms with van der Waals surface area (Å²) in [6.45, 7) is 5.76. The molecule has 0 aliphatic carbocycles. The van der Waals surface area contributed by atoms with Crippen LogP contribution in [0.5, 0.6) is 0 Å². The Kier molecular flexibility index (Phi) is 9.70. The Morgan fingerprint density at radius 2 is 1.82 bits per heavy atom. The Labute approximate surface area is 194 Å². The van der Waals surface area contributed by atoms with Gasteiger partial charge in [0, 0.05) is 31.1 Å². The molecule has 1 saturated heterocycles. The Bertz CT molecular complexity index is 845. The zero-order valence-corrected chi connectivity index (χ0v) is 19.3. The molecular formula is C24H32N2O7. The van der Waals surface area contributed by atoms with Gasteiger partial charge in [0.25, 0.3) is 5.60 Å². The van der Waals surface area contributed by atoms with E-state index >= 15 is 0 Å². The molecule has 0 radical (unpaired) electrons. The summed E-state index contributed by atoms with van der Waals surface area (Å²) in [5.74, 6) is 0.0202. The molecule has 2 rings (SSSR count). The summed E-state index contributed by atoms with van der Waals surface area (Å²) < 4.78 is 16.0. The van der Waals surface area contributed by atoms with E-state index in [1.54, 1.807) is 49.9 Å². The molecule has 1 aliphatic rings. The molecule has 2 amide bonds. The number of anilines is 1. The van der Waals surface area contributed by atoms with Crippen molar-refractivity contribution >= 4 is 23.7 Å². The second kappa shape index (κ2) is 12.2. The number of hydrogen-bond donors (Lipinski definition) is 2. The summed E-state index contributed by atoms with van der Waals surface area (Å²) in [5.41, 5.74) is -0.851. The number of nitrogens with one attached hydrogen (secondary N) is 1. The number of esters is 2. The minimum atomic E-state index is -2.12. The minimum absolute atomic E-state index is 0.0235. The van der Waals surface area contributed by atoms with Crippen LogP contribution in [0.4, 0.5) is 10.5 Å². The monoisotopic (exact) mass is 460 g/mol. The highest BCUT2D eigenvalue weighted by Gasteiger charge is 2.51. The van der Waals surface area contributed by atoms with Crippen LogP contribution in [0, 0.1) is 18.3 Å². The smallest absolute Gasteiger partial charge is 0.350 e. The first-order chi connectivity index (χ1) is 15.8. The molecule has 2 atom stereocenters. The number of carbonyl (C=O) groups is 3. The number of ether oxygens (including phenoxy) is 3. The number of rotatable bonds is 11. The van der Waals surface area contributed by atoms with Crippen molar-refractivity contribution in [2.75, 3.05) is 37.8 Å². The molecule has 1 aromatic carbocycles. The molecular weight excluding hydrogens is 428 g/mol. The van der Waals surface area contributed by atoms with Crippen molar-refractivity contribution in [3.8, 4) is 12.3 Å². The number of amides is 2. The van der Waals surface area contributed by atoms with Gasteiger partial charge < -0.3 is 24.6 Å². The molecule has 9 heteroatoms. The van der Waals surface area contributed by atoms with Crippen LogP contribution in [0.25, 0.3) is 0 Å². The molecule has 2 N–H and O–H groups in total. The van der Waals surface area contributed by atoms with E-state index in [9.17, 15) is 19.5 Å². The van der Waals surface area contributed by atoms with Gasteiger partial charge in [0.2, 0.25) is 0 Å². The fourth-order valence-electron chi connectivity index (χ4n) is 3.33. The molecule has 1 fully saturated rings. The molecule has 2 unspecified atom stereocenters. The van der Waals surface area contributed by atoms with E-state index in [0.717, 1.165) is 6.42 Å². The Hall–Kier alpha value is -3.09. The van der Waals surface area contributed by atoms with E-state index in [1.807, 2.05) is 0 Å². The van der Waals surface area contributed by atoms with E-state index in [0.29, 0.717) is 24.3 Å². The maximum atomic E-state index is 13.0. The molecule has 0 aromatic heterocycles. The third-order valence-electron chi connectivity index (χ3n) is 5.33. The van der Waals surface area contributed by atoms with Gasteiger partial charge in [-0.2, -0.15) is 0 Å². The Morgan fingerprint density at radius 1 is 1.21 bits per heavy atom. The van der Waals surface area contributed by atoms with E-state index in [2.05, 4.69) is 11.2 Å². The minimum Gasteiger partial charge on any atom is -0.463 e. The quantitative estimate of drug-likeness (QED) is 0.293. The second-order valence-corrected chi connectivity index (χ2v) is 7.68. The molecule has 33 heavy (non-hydrogen) atoms. The van der Waals surface area contributed by atoms with E-state index in [-0.39, 0.29) is 32.3 Å². The molecule has 0 bridgehead atoms. The first kappa shape index (κ1) is 26.2. The largest absolute Gasteiger partial charge is 0.463 e. The topological polar surface area (TPSA) is 114 Å². The van der Waals surface area contributed by atoms with Gasteiger partial charge in [-0.15, -0.1) is 12.3 Å². The fraction of sp³-hybridized carbons (Fsp3) is 0.542. The molecule has 180 valence electrons. The van der Waals surface area contributed by atoms with Gasteiger partial charge in [-0.05, 0) is 44.9 Å². The lowest BCUT2D eigenvalue weighted by Crippen LogP contribution is -2.54. The van der Waals surface area contributed by atoms with Crippen molar-refractivity contribution in [1.29, 1.82) is 0 Å². The third-order valence-corrected chi connectivity index (χ3v) is 5.33. The van der Waals surface area contributed by atoms with Gasteiger partial charge in [0.1, 0.15) is 0 Å². The van der Waals surface area contributed by atoms with Crippen molar-refractivity contribution in [3.63, 3.8) is 0 Å². The van der Waals surface area contributed by atoms with Crippen LogP contribution < -0.4 is 10.2 Å². The number of nitrogens with zero attached hydrogens (tertiary/aromatic N) is 1. The van der Waals surface area contributed by atoms with Gasteiger partial charge >= 0.3 is 18.0 Å². The van der Waals surface area contributed by atoms with E-state index in [4.69, 9.17) is 20.6 Å². The highest BCUT2D eigenvalue weighted by atomic mass is 16.6. The molecule has 1 heterocycles. The number of terminal acetylenes is 1. The summed E-state index contributed by atoms with van der Waals surface area (Å²) in [4.78, 5) is 39.6. The van der Waals surface area contributed by atoms with Gasteiger partial charge in [-0.25, -0.2) is 14.4 Å². The molecule has 0 saturated carbocycles. The SMILES string of the molecule is C#CC(C)C(O)COC(Cc1ccc(N2CCCNC2=O)cc1)(C(=O)OCC)C(=O)OCC. The van der Waals surface area contributed by atoms with Crippen molar-refractivity contribution in [2.24, 2.45) is 5.92 Å². The van der Waals surface area contributed by atoms with Crippen molar-refractivity contribution in [2.45, 2.75) is 45.3 Å². The highest BCUT2D eigenvalue weighted by Crippen LogP contribution is 2.26. The Morgan fingerprint density at radius 3 is 2.33 bits per heavy atom. The number of hydrogen-bond acceptors (Lipinski definition) is 7. The highest BCUT2D eigenvalue weighted by molar-refractivity contribution is 6.04. The summed E-state index contributed by atoms with van der Waals surface area (Å²) in [6.07, 6.45) is 4.90. The van der Waals surface area contributed by atoms with Crippen LogP contribution in [0.15, 0.2) is 24.3 Å². The number of aliphatic hydroxyl groups is 1. The maximum absolute atomic E-state index is 13.0. The summed E-state index contributed by atoms with van der Waals surface area (Å²) in [5, 5.41) is 13.1. The zero-order valence-electron chi connectivity index (χ0n) is 19.3. The van der Waals surface area contributed by atoms with Crippen molar-refractivity contribution < 1.29 is 33.7 Å². The van der Waals surface area contributed by atoms with Crippen molar-refractivity contribution in [1.82, 2.24) is 5.32 Å². The lowest BCUT2D eigenvalue weighted by atomic mass is 9.93. The number of aliphatic hydroxyl groups excluding tert-OH is 1. The predicted octanol–water partition coefficient (Wildman–Crippen LogP) is 1.66. The van der Waals surface area contributed by atoms with E-state index in [1.165, 1.54) is 0 Å². The number of carbonyl (C=O) groups excluding carboxylic acids is 3. The number of urea groups is 1. The predicted molar refractivity (Wildman–Crippen MR) is 121 cm³/mol. The van der Waals surface area contributed by atoms with Crippen LogP contribution in [0.2, 0.25) is 0 Å². The third kappa shape index (κ3) is 6.46. The van der Waals surface area contributed by atoms with Crippen molar-refractivity contribution in [3.05, 3.63) is 29.8 Å². The van der Waals surface area contributed by atoms with E-state index < -0.39 is 29.6 Å². The summed E-state index contributed by atoms with van der Waals surface area (Å²) in [6, 6.07) is 6.69. The normalized spacial score (nSPS) is 15.7. The van der Waals surface area contributed by atoms with Gasteiger partial charge in [-0.1, -0.05) is 12.1 Å². The molecule has 9 nitrogen and oxygen atoms in total. The molecule has 1 aliphatic heterocycles. The second-order valence-electron chi connectivity index (χ2n) is 7.68. The Balaban J connectivity index is 2.34. The standard InChI is InChI=1S/C24H32N2O7/c1-5-17(4)20(27)16-33-24(21(28)31-6-2,22(29)32-7-3)15-18-9-11-19(12-10-18)26-14-8-13-25-23(26)30/h1,9-12,17,20,27H,6-8,13-16H2,2-4H3,(H,25,30). The molecule has 1 aromatic rings. The number of benzene rings is 1. The van der Waals surface area contributed by atoms with Crippen LogP contribution in [-0.2, 0) is 30.2 Å². The fourth-order valence-corrected chi connectivity index (χ4v) is 3.33. The summed E-state index contributed by atoms with van der Waals surface area (Å²) in [7, 11) is 0. The van der Waals surface area contributed by atoms with Crippen LogP contribution in [0.3, 0.4) is 0 Å². The van der Waals surface area contributed by atoms with Crippen LogP contribution >= 0.6 is 0 Å². The maximum Gasteiger partial charge on any atom is 0.350 e. The average molecular weight is 461 g/mol. The first-order valence-corrected chi connectivity index (χ1v) is 11.1. The van der Waals surface area contributed by atoms with Crippen LogP contribution in [-0.4, -0.2) is 67.7 Å². The van der Waals surface area contributed by atoms with Crippen LogP contribution in [0.1, 0.15) is 32.8 Å². The van der Waals surface area contributed by atoms with Gasteiger partial charge in [-0.3, -0.25) is 4.90 Å². The van der Waals surface area contributed by atoms with Gasteiger partial charge in [0.15, 0.2) is 0 Å². The summed E-state index contributed by atoms with van der Waals surface area (Å²) >= 11 is 0. The first-order valence-electron chi connectivity index (χ1n) is 11.1. The lowest BCUT2D eigenvalue weighted by Gasteiger charge is -2.31. The average Bonchev–Trinajstić information content (AvgIpc) is 2.82.